The molecule has 0 saturated carbocycles. The Morgan fingerprint density at radius 1 is 1.17 bits per heavy atom. The van der Waals surface area contributed by atoms with Crippen LogP contribution in [0.3, 0.4) is 0 Å². The number of hydrogen-bond donors (Lipinski definition) is 3. The van der Waals surface area contributed by atoms with E-state index in [0.717, 1.165) is 48.5 Å². The van der Waals surface area contributed by atoms with Gasteiger partial charge in [-0.25, -0.2) is 9.97 Å². The average Bonchev–Trinajstić information content (AvgIpc) is 3.22. The summed E-state index contributed by atoms with van der Waals surface area (Å²) < 4.78 is 0. The van der Waals surface area contributed by atoms with Crippen LogP contribution >= 0.6 is 0 Å². The third-order valence-electron chi connectivity index (χ3n) is 5.42. The molecule has 0 atom stereocenters. The van der Waals surface area contributed by atoms with E-state index in [4.69, 9.17) is 9.97 Å². The molecule has 5 rings (SSSR count). The first-order valence-corrected chi connectivity index (χ1v) is 10.1. The van der Waals surface area contributed by atoms with Gasteiger partial charge in [0.05, 0.1) is 11.3 Å². The van der Waals surface area contributed by atoms with Gasteiger partial charge in [-0.1, -0.05) is 18.2 Å². The molecule has 1 aromatic carbocycles. The van der Waals surface area contributed by atoms with Crippen molar-refractivity contribution in [1.82, 2.24) is 25.3 Å². The Kier molecular flexibility index (Phi) is 4.83. The van der Waals surface area contributed by atoms with E-state index in [1.165, 1.54) is 16.5 Å². The highest BCUT2D eigenvalue weighted by Gasteiger charge is 2.18. The van der Waals surface area contributed by atoms with E-state index < -0.39 is 0 Å². The number of fused-ring (bicyclic) bond motifs is 2. The minimum absolute atomic E-state index is 0.501. The predicted octanol–water partition coefficient (Wildman–Crippen LogP) is 3.19. The van der Waals surface area contributed by atoms with Crippen LogP contribution in [-0.2, 0) is 19.4 Å². The second-order valence-electron chi connectivity index (χ2n) is 7.36. The number of nitrogens with zero attached hydrogens (tertiary/aromatic N) is 4. The fourth-order valence-corrected chi connectivity index (χ4v) is 3.91. The van der Waals surface area contributed by atoms with Gasteiger partial charge in [-0.05, 0) is 37.1 Å². The largest absolute Gasteiger partial charge is 0.369 e. The van der Waals surface area contributed by atoms with Gasteiger partial charge in [-0.15, -0.1) is 0 Å². The van der Waals surface area contributed by atoms with Crippen molar-refractivity contribution < 1.29 is 0 Å². The van der Waals surface area contributed by atoms with Crippen molar-refractivity contribution in [3.05, 3.63) is 71.3 Å². The Morgan fingerprint density at radius 3 is 3.03 bits per heavy atom. The molecule has 0 fully saturated rings. The van der Waals surface area contributed by atoms with E-state index in [0.29, 0.717) is 17.9 Å². The number of pyridine rings is 1. The number of benzene rings is 1. The Bertz CT molecular complexity index is 1250. The smallest absolute Gasteiger partial charge is 0.163 e. The Morgan fingerprint density at radius 2 is 2.10 bits per heavy atom. The van der Waals surface area contributed by atoms with Crippen molar-refractivity contribution in [2.24, 2.45) is 0 Å². The molecule has 7 heteroatoms. The fourth-order valence-electron chi connectivity index (χ4n) is 3.91. The van der Waals surface area contributed by atoms with Gasteiger partial charge in [-0.2, -0.15) is 5.26 Å². The lowest BCUT2D eigenvalue weighted by Gasteiger charge is -2.20. The van der Waals surface area contributed by atoms with Gasteiger partial charge in [0, 0.05) is 53.7 Å². The zero-order chi connectivity index (χ0) is 20.3. The van der Waals surface area contributed by atoms with Crippen LogP contribution in [0.15, 0.2) is 48.9 Å². The molecule has 3 aromatic heterocycles. The number of anilines is 1. The molecule has 0 aliphatic carbocycles. The second kappa shape index (κ2) is 7.93. The van der Waals surface area contributed by atoms with Crippen LogP contribution in [0, 0.1) is 11.3 Å². The van der Waals surface area contributed by atoms with Crippen LogP contribution in [0.25, 0.3) is 22.3 Å². The number of H-pyrrole nitrogens is 1. The molecule has 30 heavy (non-hydrogen) atoms. The highest BCUT2D eigenvalue weighted by molar-refractivity contribution is 5.83. The third kappa shape index (κ3) is 3.49. The Labute approximate surface area is 174 Å². The summed E-state index contributed by atoms with van der Waals surface area (Å²) in [6.45, 7) is 2.40. The molecular formula is C23H21N7. The molecule has 1 aliphatic heterocycles. The zero-order valence-corrected chi connectivity index (χ0v) is 16.4. The van der Waals surface area contributed by atoms with Crippen molar-refractivity contribution in [1.29, 1.82) is 5.26 Å². The molecule has 0 amide bonds. The van der Waals surface area contributed by atoms with Crippen molar-refractivity contribution in [2.45, 2.75) is 19.4 Å². The van der Waals surface area contributed by atoms with Crippen molar-refractivity contribution >= 4 is 16.7 Å². The maximum atomic E-state index is 9.18. The van der Waals surface area contributed by atoms with Gasteiger partial charge in [0.15, 0.2) is 5.82 Å². The number of nitriles is 1. The molecule has 0 unspecified atom stereocenters. The lowest BCUT2D eigenvalue weighted by Crippen LogP contribution is -2.27. The molecule has 7 nitrogen and oxygen atoms in total. The van der Waals surface area contributed by atoms with Crippen LogP contribution in [-0.4, -0.2) is 33.0 Å². The van der Waals surface area contributed by atoms with Crippen molar-refractivity contribution in [3.63, 3.8) is 0 Å². The monoisotopic (exact) mass is 395 g/mol. The summed E-state index contributed by atoms with van der Waals surface area (Å²) in [6, 6.07) is 12.3. The topological polar surface area (TPSA) is 102 Å². The Hall–Kier alpha value is -3.76. The van der Waals surface area contributed by atoms with E-state index in [1.54, 1.807) is 18.5 Å². The average molecular weight is 395 g/mol. The number of hydrogen-bond acceptors (Lipinski definition) is 6. The fraction of sp³-hybridized carbons (Fsp3) is 0.217. The molecule has 3 N–H and O–H groups in total. The number of aromatic nitrogens is 4. The standard InChI is InChI=1S/C23H21N7/c24-10-15-9-17(12-26-11-15)22-29-21-14-25-7-6-19(21)23(30-22)27-8-5-16-13-28-20-4-2-1-3-18(16)20/h1-4,9,11-13,25,28H,5-8,14H2,(H,27,29,30). The summed E-state index contributed by atoms with van der Waals surface area (Å²) in [5, 5.41) is 17.4. The summed E-state index contributed by atoms with van der Waals surface area (Å²) in [6.07, 6.45) is 7.11. The van der Waals surface area contributed by atoms with E-state index in [9.17, 15) is 5.26 Å². The molecule has 0 radical (unpaired) electrons. The maximum absolute atomic E-state index is 9.18. The van der Waals surface area contributed by atoms with Crippen molar-refractivity contribution in [3.8, 4) is 17.5 Å². The predicted molar refractivity (Wildman–Crippen MR) is 116 cm³/mol. The van der Waals surface area contributed by atoms with Crippen LogP contribution in [0.5, 0.6) is 0 Å². The summed E-state index contributed by atoms with van der Waals surface area (Å²) >= 11 is 0. The first kappa shape index (κ1) is 18.3. The highest BCUT2D eigenvalue weighted by atomic mass is 15.1. The summed E-state index contributed by atoms with van der Waals surface area (Å²) in [4.78, 5) is 17.0. The molecular weight excluding hydrogens is 374 g/mol. The van der Waals surface area contributed by atoms with Gasteiger partial charge in [0.2, 0.25) is 0 Å². The number of nitrogens with one attached hydrogen (secondary N) is 3. The zero-order valence-electron chi connectivity index (χ0n) is 16.4. The lowest BCUT2D eigenvalue weighted by atomic mass is 10.1. The SMILES string of the molecule is N#Cc1cncc(-c2nc3c(c(NCCc4c[nH]c5ccccc45)n2)CCNC3)c1. The van der Waals surface area contributed by atoms with Crippen LogP contribution in [0.1, 0.15) is 22.4 Å². The number of rotatable bonds is 5. The first-order valence-electron chi connectivity index (χ1n) is 10.1. The molecule has 0 spiro atoms. The van der Waals surface area contributed by atoms with Crippen LogP contribution in [0.2, 0.25) is 0 Å². The summed E-state index contributed by atoms with van der Waals surface area (Å²) in [7, 11) is 0. The summed E-state index contributed by atoms with van der Waals surface area (Å²) in [5.41, 5.74) is 5.87. The van der Waals surface area contributed by atoms with E-state index >= 15 is 0 Å². The van der Waals surface area contributed by atoms with E-state index in [1.807, 2.05) is 6.07 Å². The van der Waals surface area contributed by atoms with Gasteiger partial charge >= 0.3 is 0 Å². The normalized spacial score (nSPS) is 13.0. The van der Waals surface area contributed by atoms with Gasteiger partial charge < -0.3 is 15.6 Å². The van der Waals surface area contributed by atoms with Gasteiger partial charge in [0.1, 0.15) is 11.9 Å². The van der Waals surface area contributed by atoms with Gasteiger partial charge in [-0.3, -0.25) is 4.98 Å². The third-order valence-corrected chi connectivity index (χ3v) is 5.42. The van der Waals surface area contributed by atoms with Gasteiger partial charge in [0.25, 0.3) is 0 Å². The number of aromatic amines is 1. The summed E-state index contributed by atoms with van der Waals surface area (Å²) in [5.74, 6) is 1.47. The van der Waals surface area contributed by atoms with Crippen LogP contribution in [0.4, 0.5) is 5.82 Å². The minimum atomic E-state index is 0.501. The Balaban J connectivity index is 1.42. The molecule has 0 saturated heterocycles. The lowest BCUT2D eigenvalue weighted by molar-refractivity contribution is 0.625. The molecule has 148 valence electrons. The molecule has 1 aliphatic rings. The van der Waals surface area contributed by atoms with E-state index in [2.05, 4.69) is 51.1 Å². The first-order chi connectivity index (χ1) is 14.8. The molecule has 4 heterocycles. The maximum Gasteiger partial charge on any atom is 0.163 e. The quantitative estimate of drug-likeness (QED) is 0.480. The van der Waals surface area contributed by atoms with Crippen LogP contribution < -0.4 is 10.6 Å². The van der Waals surface area contributed by atoms with Crippen molar-refractivity contribution in [2.75, 3.05) is 18.4 Å². The van der Waals surface area contributed by atoms with E-state index in [-0.39, 0.29) is 0 Å². The molecule has 0 bridgehead atoms. The highest BCUT2D eigenvalue weighted by Crippen LogP contribution is 2.25. The minimum Gasteiger partial charge on any atom is -0.369 e. The number of para-hydroxylation sites is 1. The molecule has 4 aromatic rings. The second-order valence-corrected chi connectivity index (χ2v) is 7.36.